The minimum Gasteiger partial charge on any atom is -0.355 e. The molecule has 0 spiro atoms. The zero-order valence-corrected chi connectivity index (χ0v) is 16.8. The third-order valence-electron chi connectivity index (χ3n) is 6.11. The van der Waals surface area contributed by atoms with Gasteiger partial charge in [0.15, 0.2) is 0 Å². The number of piperidine rings is 2. The Morgan fingerprint density at radius 3 is 2.50 bits per heavy atom. The van der Waals surface area contributed by atoms with Crippen LogP contribution in [0.5, 0.6) is 0 Å². The van der Waals surface area contributed by atoms with E-state index >= 15 is 0 Å². The summed E-state index contributed by atoms with van der Waals surface area (Å²) >= 11 is 0. The zero-order chi connectivity index (χ0) is 19.3. The zero-order valence-electron chi connectivity index (χ0n) is 16.8. The molecule has 0 aliphatic carbocycles. The Bertz CT molecular complexity index is 769. The van der Waals surface area contributed by atoms with Gasteiger partial charge in [-0.1, -0.05) is 37.3 Å². The van der Waals surface area contributed by atoms with Crippen molar-refractivity contribution in [3.63, 3.8) is 0 Å². The molecular formula is C23H30N4O. The van der Waals surface area contributed by atoms with Crippen LogP contribution in [0.4, 0.5) is 5.82 Å². The Hall–Kier alpha value is -2.43. The Balaban J connectivity index is 1.31. The summed E-state index contributed by atoms with van der Waals surface area (Å²) in [5.74, 6) is 2.25. The summed E-state index contributed by atoms with van der Waals surface area (Å²) < 4.78 is 0. The first-order chi connectivity index (χ1) is 13.7. The predicted molar refractivity (Wildman–Crippen MR) is 111 cm³/mol. The van der Waals surface area contributed by atoms with Gasteiger partial charge in [-0.3, -0.25) is 4.79 Å². The molecule has 0 bridgehead atoms. The Morgan fingerprint density at radius 2 is 1.82 bits per heavy atom. The number of carbonyl (C=O) groups excluding carboxylic acids is 1. The van der Waals surface area contributed by atoms with Crippen LogP contribution in [0.15, 0.2) is 42.7 Å². The van der Waals surface area contributed by atoms with E-state index in [1.165, 1.54) is 18.4 Å². The van der Waals surface area contributed by atoms with E-state index in [2.05, 4.69) is 52.1 Å². The molecule has 5 nitrogen and oxygen atoms in total. The highest BCUT2D eigenvalue weighted by molar-refractivity contribution is 5.92. The standard InChI is InChI=1S/C23H30N4O/c1-18-6-5-11-27(17-18)22-16-24-21(15-25-22)23(28)26-12-9-20(10-13-26)14-19-7-3-2-4-8-19/h2-4,7-8,15-16,18,20H,5-6,9-14,17H2,1H3. The number of rotatable bonds is 4. The van der Waals surface area contributed by atoms with Crippen molar-refractivity contribution in [3.8, 4) is 0 Å². The van der Waals surface area contributed by atoms with E-state index in [-0.39, 0.29) is 5.91 Å². The Labute approximate surface area is 167 Å². The van der Waals surface area contributed by atoms with Crippen LogP contribution >= 0.6 is 0 Å². The molecule has 28 heavy (non-hydrogen) atoms. The van der Waals surface area contributed by atoms with Crippen molar-refractivity contribution in [3.05, 3.63) is 54.0 Å². The lowest BCUT2D eigenvalue weighted by atomic mass is 9.90. The van der Waals surface area contributed by atoms with Gasteiger partial charge in [-0.2, -0.15) is 0 Å². The fraction of sp³-hybridized carbons (Fsp3) is 0.522. The molecule has 2 aromatic rings. The van der Waals surface area contributed by atoms with Gasteiger partial charge < -0.3 is 9.80 Å². The highest BCUT2D eigenvalue weighted by atomic mass is 16.2. The van der Waals surface area contributed by atoms with Gasteiger partial charge in [0.2, 0.25) is 0 Å². The monoisotopic (exact) mass is 378 g/mol. The van der Waals surface area contributed by atoms with Crippen LogP contribution in [0, 0.1) is 11.8 Å². The second-order valence-corrected chi connectivity index (χ2v) is 8.38. The largest absolute Gasteiger partial charge is 0.355 e. The molecule has 2 fully saturated rings. The van der Waals surface area contributed by atoms with Crippen molar-refractivity contribution in [2.45, 2.75) is 39.0 Å². The maximum Gasteiger partial charge on any atom is 0.274 e. The summed E-state index contributed by atoms with van der Waals surface area (Å²) in [6.07, 6.45) is 9.11. The van der Waals surface area contributed by atoms with E-state index in [0.717, 1.165) is 51.3 Å². The number of likely N-dealkylation sites (tertiary alicyclic amines) is 1. The van der Waals surface area contributed by atoms with Crippen LogP contribution in [-0.2, 0) is 6.42 Å². The van der Waals surface area contributed by atoms with Gasteiger partial charge in [-0.05, 0) is 49.5 Å². The quantitative estimate of drug-likeness (QED) is 0.812. The number of anilines is 1. The van der Waals surface area contributed by atoms with Crippen LogP contribution in [0.1, 0.15) is 48.7 Å². The topological polar surface area (TPSA) is 49.3 Å². The smallest absolute Gasteiger partial charge is 0.274 e. The van der Waals surface area contributed by atoms with Gasteiger partial charge in [0, 0.05) is 26.2 Å². The lowest BCUT2D eigenvalue weighted by Gasteiger charge is -2.32. The Morgan fingerprint density at radius 1 is 1.04 bits per heavy atom. The molecule has 0 N–H and O–H groups in total. The van der Waals surface area contributed by atoms with Crippen LogP contribution in [0.2, 0.25) is 0 Å². The molecule has 148 valence electrons. The van der Waals surface area contributed by atoms with Gasteiger partial charge in [0.05, 0.1) is 12.4 Å². The summed E-state index contributed by atoms with van der Waals surface area (Å²) in [5, 5.41) is 0. The molecule has 2 saturated heterocycles. The maximum atomic E-state index is 12.8. The fourth-order valence-corrected chi connectivity index (χ4v) is 4.44. The summed E-state index contributed by atoms with van der Waals surface area (Å²) in [4.78, 5) is 26.0. The van der Waals surface area contributed by atoms with Crippen molar-refractivity contribution in [2.75, 3.05) is 31.1 Å². The first kappa shape index (κ1) is 18.9. The van der Waals surface area contributed by atoms with Crippen LogP contribution < -0.4 is 4.90 Å². The predicted octanol–water partition coefficient (Wildman–Crippen LogP) is 3.81. The van der Waals surface area contributed by atoms with Gasteiger partial charge in [0.25, 0.3) is 5.91 Å². The fourth-order valence-electron chi connectivity index (χ4n) is 4.44. The lowest BCUT2D eigenvalue weighted by molar-refractivity contribution is 0.0684. The van der Waals surface area contributed by atoms with E-state index in [0.29, 0.717) is 17.5 Å². The van der Waals surface area contributed by atoms with Crippen molar-refractivity contribution in [1.82, 2.24) is 14.9 Å². The maximum absolute atomic E-state index is 12.8. The summed E-state index contributed by atoms with van der Waals surface area (Å²) in [6.45, 7) is 5.95. The van der Waals surface area contributed by atoms with Gasteiger partial charge in [-0.15, -0.1) is 0 Å². The van der Waals surface area contributed by atoms with E-state index in [4.69, 9.17) is 0 Å². The van der Waals surface area contributed by atoms with Crippen molar-refractivity contribution < 1.29 is 4.79 Å². The summed E-state index contributed by atoms with van der Waals surface area (Å²) in [7, 11) is 0. The van der Waals surface area contributed by atoms with E-state index < -0.39 is 0 Å². The number of benzene rings is 1. The minimum absolute atomic E-state index is 0.0178. The number of carbonyl (C=O) groups is 1. The van der Waals surface area contributed by atoms with Crippen molar-refractivity contribution in [2.24, 2.45) is 11.8 Å². The van der Waals surface area contributed by atoms with E-state index in [1.807, 2.05) is 4.90 Å². The normalized spacial score (nSPS) is 21.0. The third kappa shape index (κ3) is 4.51. The summed E-state index contributed by atoms with van der Waals surface area (Å²) in [5.41, 5.74) is 1.86. The molecule has 2 aliphatic heterocycles. The highest BCUT2D eigenvalue weighted by Gasteiger charge is 2.25. The molecule has 0 saturated carbocycles. The molecule has 1 atom stereocenters. The Kier molecular flexibility index (Phi) is 5.89. The number of nitrogens with zero attached hydrogens (tertiary/aromatic N) is 4. The SMILES string of the molecule is CC1CCCN(c2cnc(C(=O)N3CCC(Cc4ccccc4)CC3)cn2)C1. The van der Waals surface area contributed by atoms with E-state index in [9.17, 15) is 4.79 Å². The van der Waals surface area contributed by atoms with E-state index in [1.54, 1.807) is 12.4 Å². The molecule has 2 aliphatic rings. The lowest BCUT2D eigenvalue weighted by Crippen LogP contribution is -2.39. The second-order valence-electron chi connectivity index (χ2n) is 8.38. The summed E-state index contributed by atoms with van der Waals surface area (Å²) in [6, 6.07) is 10.6. The van der Waals surface area contributed by atoms with Crippen LogP contribution in [0.25, 0.3) is 0 Å². The molecule has 1 aromatic carbocycles. The molecule has 4 rings (SSSR count). The van der Waals surface area contributed by atoms with Gasteiger partial charge in [-0.25, -0.2) is 9.97 Å². The molecule has 0 radical (unpaired) electrons. The average molecular weight is 379 g/mol. The first-order valence-electron chi connectivity index (χ1n) is 10.6. The van der Waals surface area contributed by atoms with Crippen LogP contribution in [0.3, 0.4) is 0 Å². The molecule has 1 unspecified atom stereocenters. The van der Waals surface area contributed by atoms with Crippen molar-refractivity contribution in [1.29, 1.82) is 0 Å². The molecule has 1 aromatic heterocycles. The molecule has 3 heterocycles. The molecule has 1 amide bonds. The third-order valence-corrected chi connectivity index (χ3v) is 6.11. The van der Waals surface area contributed by atoms with Gasteiger partial charge >= 0.3 is 0 Å². The number of amides is 1. The number of aromatic nitrogens is 2. The number of hydrogen-bond acceptors (Lipinski definition) is 4. The van der Waals surface area contributed by atoms with Crippen molar-refractivity contribution >= 4 is 11.7 Å². The molecular weight excluding hydrogens is 348 g/mol. The van der Waals surface area contributed by atoms with Gasteiger partial charge in [0.1, 0.15) is 11.5 Å². The second kappa shape index (κ2) is 8.72. The minimum atomic E-state index is 0.0178. The highest BCUT2D eigenvalue weighted by Crippen LogP contribution is 2.23. The molecule has 5 heteroatoms. The average Bonchev–Trinajstić information content (AvgIpc) is 2.75. The van der Waals surface area contributed by atoms with Crippen LogP contribution in [-0.4, -0.2) is 47.0 Å². The first-order valence-corrected chi connectivity index (χ1v) is 10.6. The number of hydrogen-bond donors (Lipinski definition) is 0.